The summed E-state index contributed by atoms with van der Waals surface area (Å²) in [4.78, 5) is 18.1. The van der Waals surface area contributed by atoms with Crippen molar-refractivity contribution in [3.8, 4) is 0 Å². The molecule has 0 aromatic heterocycles. The molecular formula is C16H17ClN2O. The largest absolute Gasteiger partial charge is 0.370 e. The highest BCUT2D eigenvalue weighted by Gasteiger charge is 2.11. The summed E-state index contributed by atoms with van der Waals surface area (Å²) in [6.07, 6.45) is 4.73. The molecule has 0 unspecified atom stereocenters. The van der Waals surface area contributed by atoms with Crippen LogP contribution >= 0.6 is 11.6 Å². The van der Waals surface area contributed by atoms with E-state index < -0.39 is 0 Å². The van der Waals surface area contributed by atoms with Crippen LogP contribution in [-0.4, -0.2) is 24.6 Å². The van der Waals surface area contributed by atoms with Gasteiger partial charge in [-0.3, -0.25) is 4.79 Å². The van der Waals surface area contributed by atoms with Gasteiger partial charge >= 0.3 is 0 Å². The van der Waals surface area contributed by atoms with Gasteiger partial charge in [-0.05, 0) is 44.2 Å². The lowest BCUT2D eigenvalue weighted by molar-refractivity contribution is -0.110. The van der Waals surface area contributed by atoms with Crippen LogP contribution in [0, 0.1) is 0 Å². The molecule has 0 heterocycles. The third-order valence-electron chi connectivity index (χ3n) is 3.15. The van der Waals surface area contributed by atoms with Crippen LogP contribution < -0.4 is 4.90 Å². The van der Waals surface area contributed by atoms with Gasteiger partial charge in [0.2, 0.25) is 0 Å². The molecule has 1 aliphatic rings. The number of allylic oxidation sites excluding steroid dienone is 4. The maximum absolute atomic E-state index is 11.3. The normalized spacial score (nSPS) is 16.4. The van der Waals surface area contributed by atoms with Crippen molar-refractivity contribution in [3.63, 3.8) is 0 Å². The summed E-state index contributed by atoms with van der Waals surface area (Å²) >= 11 is 5.85. The van der Waals surface area contributed by atoms with Crippen LogP contribution in [0.1, 0.15) is 13.8 Å². The van der Waals surface area contributed by atoms with E-state index in [2.05, 4.69) is 29.8 Å². The lowest BCUT2D eigenvalue weighted by Crippen LogP contribution is -2.21. The monoisotopic (exact) mass is 288 g/mol. The van der Waals surface area contributed by atoms with E-state index in [1.54, 1.807) is 12.2 Å². The van der Waals surface area contributed by atoms with Gasteiger partial charge in [0.15, 0.2) is 5.78 Å². The molecule has 1 aliphatic carbocycles. The Labute approximate surface area is 124 Å². The standard InChI is InChI=1S/C16H17ClN2O/c1-3-19(4-2)15-8-6-5-7-14(15)18-12-9-10-16(20)13(17)11-12/h5-11H,3-4H2,1-2H3. The predicted molar refractivity (Wildman–Crippen MR) is 85.2 cm³/mol. The van der Waals surface area contributed by atoms with Crippen LogP contribution in [0.15, 0.2) is 52.5 Å². The zero-order valence-corrected chi connectivity index (χ0v) is 12.4. The Hall–Kier alpha value is -1.87. The molecule has 0 aliphatic heterocycles. The fraction of sp³-hybridized carbons (Fsp3) is 0.250. The summed E-state index contributed by atoms with van der Waals surface area (Å²) in [5, 5.41) is 0.201. The molecule has 0 spiro atoms. The third kappa shape index (κ3) is 3.17. The molecule has 0 fully saturated rings. The average molecular weight is 289 g/mol. The molecule has 0 atom stereocenters. The second-order valence-corrected chi connectivity index (χ2v) is 4.79. The van der Waals surface area contributed by atoms with Gasteiger partial charge in [-0.15, -0.1) is 0 Å². The molecule has 0 radical (unpaired) electrons. The van der Waals surface area contributed by atoms with Crippen LogP contribution in [0.3, 0.4) is 0 Å². The molecule has 0 bridgehead atoms. The maximum Gasteiger partial charge on any atom is 0.197 e. The number of para-hydroxylation sites is 2. The second kappa shape index (κ2) is 6.53. The van der Waals surface area contributed by atoms with Crippen LogP contribution in [0.25, 0.3) is 0 Å². The zero-order chi connectivity index (χ0) is 14.5. The van der Waals surface area contributed by atoms with Gasteiger partial charge in [-0.25, -0.2) is 4.99 Å². The van der Waals surface area contributed by atoms with Crippen molar-refractivity contribution in [2.24, 2.45) is 4.99 Å². The zero-order valence-electron chi connectivity index (χ0n) is 11.6. The molecule has 0 saturated carbocycles. The first-order chi connectivity index (χ1) is 9.65. The molecule has 104 valence electrons. The fourth-order valence-corrected chi connectivity index (χ4v) is 2.26. The third-order valence-corrected chi connectivity index (χ3v) is 3.45. The second-order valence-electron chi connectivity index (χ2n) is 4.39. The van der Waals surface area contributed by atoms with Crippen molar-refractivity contribution in [2.45, 2.75) is 13.8 Å². The molecule has 3 nitrogen and oxygen atoms in total. The number of nitrogens with zero attached hydrogens (tertiary/aromatic N) is 2. The quantitative estimate of drug-likeness (QED) is 0.788. The van der Waals surface area contributed by atoms with Gasteiger partial charge in [0.25, 0.3) is 0 Å². The fourth-order valence-electron chi connectivity index (χ4n) is 2.09. The van der Waals surface area contributed by atoms with Crippen LogP contribution in [0.4, 0.5) is 11.4 Å². The van der Waals surface area contributed by atoms with Gasteiger partial charge in [0.1, 0.15) is 0 Å². The van der Waals surface area contributed by atoms with Gasteiger partial charge in [-0.1, -0.05) is 23.7 Å². The van der Waals surface area contributed by atoms with Crippen LogP contribution in [-0.2, 0) is 4.79 Å². The van der Waals surface area contributed by atoms with E-state index in [-0.39, 0.29) is 10.8 Å². The Balaban J connectivity index is 2.39. The number of ketones is 1. The van der Waals surface area contributed by atoms with E-state index in [1.807, 2.05) is 18.2 Å². The summed E-state index contributed by atoms with van der Waals surface area (Å²) in [5.41, 5.74) is 2.65. The summed E-state index contributed by atoms with van der Waals surface area (Å²) in [7, 11) is 0. The molecule has 0 saturated heterocycles. The van der Waals surface area contributed by atoms with Crippen LogP contribution in [0.5, 0.6) is 0 Å². The minimum absolute atomic E-state index is 0.178. The molecule has 1 aromatic rings. The highest BCUT2D eigenvalue weighted by Crippen LogP contribution is 2.29. The van der Waals surface area contributed by atoms with Gasteiger partial charge in [0.05, 0.1) is 22.1 Å². The Kier molecular flexibility index (Phi) is 4.74. The number of aliphatic imine (C=N–C) groups is 1. The minimum Gasteiger partial charge on any atom is -0.370 e. The van der Waals surface area contributed by atoms with E-state index >= 15 is 0 Å². The Morgan fingerprint density at radius 3 is 2.50 bits per heavy atom. The average Bonchev–Trinajstić information content (AvgIpc) is 2.46. The number of hydrogen-bond acceptors (Lipinski definition) is 3. The van der Waals surface area contributed by atoms with Gasteiger partial charge in [-0.2, -0.15) is 0 Å². The molecular weight excluding hydrogens is 272 g/mol. The first kappa shape index (κ1) is 14.5. The molecule has 0 N–H and O–H groups in total. The number of benzene rings is 1. The molecule has 1 aromatic carbocycles. The van der Waals surface area contributed by atoms with E-state index in [0.717, 1.165) is 24.5 Å². The van der Waals surface area contributed by atoms with E-state index in [1.165, 1.54) is 6.08 Å². The number of anilines is 1. The van der Waals surface area contributed by atoms with Crippen molar-refractivity contribution in [3.05, 3.63) is 47.5 Å². The van der Waals surface area contributed by atoms with Gasteiger partial charge < -0.3 is 4.90 Å². The highest BCUT2D eigenvalue weighted by atomic mass is 35.5. The maximum atomic E-state index is 11.3. The number of carbonyl (C=O) groups is 1. The van der Waals surface area contributed by atoms with Crippen molar-refractivity contribution in [2.75, 3.05) is 18.0 Å². The number of halogens is 1. The van der Waals surface area contributed by atoms with Crippen molar-refractivity contribution < 1.29 is 4.79 Å². The van der Waals surface area contributed by atoms with Crippen LogP contribution in [0.2, 0.25) is 0 Å². The van der Waals surface area contributed by atoms with Crippen molar-refractivity contribution in [1.29, 1.82) is 0 Å². The highest BCUT2D eigenvalue weighted by molar-refractivity contribution is 6.47. The Bertz CT molecular complexity index is 598. The predicted octanol–water partition coefficient (Wildman–Crippen LogP) is 3.87. The molecule has 4 heteroatoms. The first-order valence-electron chi connectivity index (χ1n) is 6.68. The smallest absolute Gasteiger partial charge is 0.197 e. The summed E-state index contributed by atoms with van der Waals surface area (Å²) < 4.78 is 0. The van der Waals surface area contributed by atoms with Crippen molar-refractivity contribution >= 4 is 34.5 Å². The van der Waals surface area contributed by atoms with E-state index in [9.17, 15) is 4.79 Å². The number of carbonyl (C=O) groups excluding carboxylic acids is 1. The Morgan fingerprint density at radius 1 is 1.15 bits per heavy atom. The minimum atomic E-state index is -0.178. The molecule has 2 rings (SSSR count). The molecule has 0 amide bonds. The van der Waals surface area contributed by atoms with E-state index in [0.29, 0.717) is 5.71 Å². The molecule has 20 heavy (non-hydrogen) atoms. The van der Waals surface area contributed by atoms with Gasteiger partial charge in [0, 0.05) is 13.1 Å². The topological polar surface area (TPSA) is 32.7 Å². The lowest BCUT2D eigenvalue weighted by atomic mass is 10.1. The summed E-state index contributed by atoms with van der Waals surface area (Å²) in [5.74, 6) is -0.178. The lowest BCUT2D eigenvalue weighted by Gasteiger charge is -2.22. The summed E-state index contributed by atoms with van der Waals surface area (Å²) in [6.45, 7) is 6.07. The number of hydrogen-bond donors (Lipinski definition) is 0. The summed E-state index contributed by atoms with van der Waals surface area (Å²) in [6, 6.07) is 7.97. The van der Waals surface area contributed by atoms with Crippen molar-refractivity contribution in [1.82, 2.24) is 0 Å². The first-order valence-corrected chi connectivity index (χ1v) is 7.05. The SMILES string of the molecule is CCN(CC)c1ccccc1N=C1C=CC(=O)C(Cl)=C1. The van der Waals surface area contributed by atoms with E-state index in [4.69, 9.17) is 11.6 Å². The Morgan fingerprint density at radius 2 is 1.85 bits per heavy atom. The number of rotatable bonds is 4.